The summed E-state index contributed by atoms with van der Waals surface area (Å²) < 4.78 is 35.5. The number of carbonyl (C=O) groups excluding carboxylic acids is 1. The fourth-order valence-electron chi connectivity index (χ4n) is 8.22. The van der Waals surface area contributed by atoms with Gasteiger partial charge in [0.1, 0.15) is 34.2 Å². The van der Waals surface area contributed by atoms with Gasteiger partial charge in [-0.2, -0.15) is 8.42 Å². The van der Waals surface area contributed by atoms with Gasteiger partial charge >= 0.3 is 29.8 Å². The molecule has 9 N–H and O–H groups in total. The zero-order valence-corrected chi connectivity index (χ0v) is 38.7. The third-order valence-electron chi connectivity index (χ3n) is 12.0. The maximum Gasteiger partial charge on any atom is 0.371 e. The van der Waals surface area contributed by atoms with Crippen molar-refractivity contribution in [2.24, 2.45) is 22.7 Å². The summed E-state index contributed by atoms with van der Waals surface area (Å²) in [5, 5.41) is 71.0. The highest BCUT2D eigenvalue weighted by atomic mass is 32.2. The normalized spacial score (nSPS) is 17.5. The molecule has 3 aliphatic carbocycles. The van der Waals surface area contributed by atoms with Gasteiger partial charge in [0.25, 0.3) is 10.1 Å². The molecule has 18 nitrogen and oxygen atoms in total. The molecule has 366 valence electrons. The predicted molar refractivity (Wildman–Crippen MR) is 249 cm³/mol. The lowest BCUT2D eigenvalue weighted by Crippen LogP contribution is -2.42. The highest BCUT2D eigenvalue weighted by Crippen LogP contribution is 2.64. The first-order valence-corrected chi connectivity index (χ1v) is 23.0. The number of rotatable bonds is 9. The van der Waals surface area contributed by atoms with Crippen LogP contribution in [-0.4, -0.2) is 95.2 Å². The predicted octanol–water partition coefficient (Wildman–Crippen LogP) is 9.00. The summed E-state index contributed by atoms with van der Waals surface area (Å²) in [5.41, 5.74) is -1.25. The number of hydrogen-bond donors (Lipinski definition) is 10. The van der Waals surface area contributed by atoms with E-state index >= 15 is 0 Å². The summed E-state index contributed by atoms with van der Waals surface area (Å²) in [4.78, 5) is 63.9. The summed E-state index contributed by atoms with van der Waals surface area (Å²) in [5.74, 6) is -5.11. The second-order valence-electron chi connectivity index (χ2n) is 16.6. The first-order valence-electron chi connectivity index (χ1n) is 21.0. The topological polar surface area (TPSA) is 332 Å². The average molecular weight is 983 g/mol. The molecule has 0 radical (unpaired) electrons. The first-order chi connectivity index (χ1) is 31.8. The van der Waals surface area contributed by atoms with Gasteiger partial charge in [-0.15, -0.1) is 12.6 Å². The standard InChI is InChI=1S/C11H8O3.C10H16O4S.C8H14O2.C7H6O4.C7H6O2S.C5H4O3/c12-10-8-4-2-1-3-7(8)5-6-9(10)11(13)14;1-9(2)7-3-4-10(9,8(11)5-7)6-15(12,13)14;9-8(10)6-5-7-3-1-2-4-7;8-4-1-2-6(9)5(3-4)7(10)11;8-7(9)5-3-1-2-4-6(5)10;6-5(7)4-2-1-3-8-4/h1-6,12H,(H,13,14);7H,3-6H2,1-2H3,(H,12,13,14);7H,1-6H2,(H,9,10);1-3,8-9H,(H,10,11);1-4,10H,(H,8,9);1-3H,(H,6,7). The van der Waals surface area contributed by atoms with Crippen molar-refractivity contribution in [3.05, 3.63) is 120 Å². The van der Waals surface area contributed by atoms with Crippen LogP contribution in [0.25, 0.3) is 10.8 Å². The zero-order valence-electron chi connectivity index (χ0n) is 37.0. The number of benzene rings is 4. The number of Topliss-reactive ketones (excluding diaryl/α,β-unsaturated/α-hetero) is 1. The van der Waals surface area contributed by atoms with Gasteiger partial charge in [-0.05, 0) is 90.4 Å². The molecule has 2 bridgehead atoms. The van der Waals surface area contributed by atoms with Crippen molar-refractivity contribution < 1.29 is 87.0 Å². The van der Waals surface area contributed by atoms with Crippen LogP contribution < -0.4 is 0 Å². The van der Waals surface area contributed by atoms with Crippen molar-refractivity contribution in [3.8, 4) is 17.2 Å². The third-order valence-corrected chi connectivity index (χ3v) is 13.3. The second kappa shape index (κ2) is 24.7. The average Bonchev–Trinajstić information content (AvgIpc) is 4.07. The number of aromatic carboxylic acids is 4. The molecular weight excluding hydrogens is 929 g/mol. The highest BCUT2D eigenvalue weighted by Gasteiger charge is 2.65. The van der Waals surface area contributed by atoms with Gasteiger partial charge in [0, 0.05) is 23.1 Å². The Morgan fingerprint density at radius 3 is 1.78 bits per heavy atom. The van der Waals surface area contributed by atoms with Gasteiger partial charge in [-0.25, -0.2) is 19.2 Å². The molecule has 5 aromatic rings. The number of phenolic OH excluding ortho intramolecular Hbond substituents is 1. The zero-order chi connectivity index (χ0) is 51.0. The van der Waals surface area contributed by atoms with E-state index in [9.17, 15) is 42.3 Å². The molecule has 0 amide bonds. The minimum absolute atomic E-state index is 0.0152. The Morgan fingerprint density at radius 2 is 1.32 bits per heavy atom. The van der Waals surface area contributed by atoms with Crippen LogP contribution in [0, 0.1) is 22.7 Å². The van der Waals surface area contributed by atoms with Crippen molar-refractivity contribution in [2.75, 3.05) is 5.75 Å². The van der Waals surface area contributed by atoms with Crippen LogP contribution in [-0.2, 0) is 19.7 Å². The molecule has 2 unspecified atom stereocenters. The van der Waals surface area contributed by atoms with Gasteiger partial charge in [-0.1, -0.05) is 82.0 Å². The van der Waals surface area contributed by atoms with Gasteiger partial charge in [0.05, 0.1) is 23.0 Å². The minimum atomic E-state index is -4.08. The van der Waals surface area contributed by atoms with Gasteiger partial charge in [0.2, 0.25) is 5.76 Å². The Morgan fingerprint density at radius 1 is 0.721 bits per heavy atom. The molecule has 1 aromatic heterocycles. The SMILES string of the molecule is CC1(C)C2CCC1(CS(=O)(=O)O)C(=O)C2.O=C(O)CCC1CCCC1.O=C(O)c1cc(O)ccc1O.O=C(O)c1ccc2ccccc2c1O.O=C(O)c1ccccc1S.O=C(O)c1ccco1. The highest BCUT2D eigenvalue weighted by molar-refractivity contribution is 7.85. The molecule has 1 heterocycles. The molecule has 3 fully saturated rings. The van der Waals surface area contributed by atoms with Gasteiger partial charge in [-0.3, -0.25) is 14.1 Å². The van der Waals surface area contributed by atoms with E-state index in [0.717, 1.165) is 36.3 Å². The van der Waals surface area contributed by atoms with Gasteiger partial charge < -0.3 is 45.3 Å². The molecule has 3 saturated carbocycles. The number of aliphatic carboxylic acids is 1. The lowest BCUT2D eigenvalue weighted by molar-refractivity contribution is -0.137. The Labute approximate surface area is 396 Å². The van der Waals surface area contributed by atoms with Crippen molar-refractivity contribution in [2.45, 2.75) is 76.5 Å². The van der Waals surface area contributed by atoms with Crippen LogP contribution in [0.5, 0.6) is 17.2 Å². The molecule has 8 rings (SSSR count). The quantitative estimate of drug-likeness (QED) is 0.0374. The number of thiol groups is 1. The Bertz CT molecular complexity index is 2670. The molecule has 20 heteroatoms. The minimum Gasteiger partial charge on any atom is -0.508 e. The molecule has 2 atom stereocenters. The van der Waals surface area contributed by atoms with E-state index in [1.165, 1.54) is 62.3 Å². The molecular formula is C48H54O18S2. The smallest absolute Gasteiger partial charge is 0.371 e. The Balaban J connectivity index is 0.000000219. The molecule has 4 aromatic carbocycles. The van der Waals surface area contributed by atoms with Crippen molar-refractivity contribution in [1.29, 1.82) is 0 Å². The van der Waals surface area contributed by atoms with E-state index in [-0.39, 0.29) is 56.8 Å². The summed E-state index contributed by atoms with van der Waals surface area (Å²) in [6.07, 6.45) is 9.69. The fraction of sp³-hybridized carbons (Fsp3) is 0.333. The monoisotopic (exact) mass is 982 g/mol. The van der Waals surface area contributed by atoms with E-state index < -0.39 is 51.1 Å². The number of hydrogen-bond acceptors (Lipinski definition) is 13. The summed E-state index contributed by atoms with van der Waals surface area (Å²) in [7, 11) is -4.08. The first kappa shape index (κ1) is 55.4. The molecule has 3 aliphatic rings. The lowest BCUT2D eigenvalue weighted by Gasteiger charge is -2.35. The molecule has 0 aliphatic heterocycles. The van der Waals surface area contributed by atoms with Crippen LogP contribution in [0.2, 0.25) is 0 Å². The number of carboxylic acid groups (broad SMARTS) is 5. The molecule has 68 heavy (non-hydrogen) atoms. The van der Waals surface area contributed by atoms with Crippen LogP contribution in [0.4, 0.5) is 0 Å². The summed E-state index contributed by atoms with van der Waals surface area (Å²) in [6, 6.07) is 23.0. The molecule has 0 spiro atoms. The lowest BCUT2D eigenvalue weighted by atomic mass is 9.70. The number of carbonyl (C=O) groups is 6. The van der Waals surface area contributed by atoms with E-state index in [2.05, 4.69) is 17.0 Å². The maximum absolute atomic E-state index is 11.9. The summed E-state index contributed by atoms with van der Waals surface area (Å²) in [6.45, 7) is 3.89. The number of furan rings is 1. The third kappa shape index (κ3) is 15.6. The number of phenols is 3. The van der Waals surface area contributed by atoms with E-state index in [1.807, 2.05) is 26.0 Å². The van der Waals surface area contributed by atoms with E-state index in [1.54, 1.807) is 36.4 Å². The van der Waals surface area contributed by atoms with Crippen LogP contribution in [0.1, 0.15) is 113 Å². The Kier molecular flexibility index (Phi) is 20.2. The van der Waals surface area contributed by atoms with E-state index in [0.29, 0.717) is 29.5 Å². The van der Waals surface area contributed by atoms with Crippen molar-refractivity contribution in [1.82, 2.24) is 0 Å². The van der Waals surface area contributed by atoms with Gasteiger partial charge in [0.15, 0.2) is 0 Å². The number of fused-ring (bicyclic) bond motifs is 3. The summed E-state index contributed by atoms with van der Waals surface area (Å²) >= 11 is 3.96. The number of ketones is 1. The van der Waals surface area contributed by atoms with E-state index in [4.69, 9.17) is 40.3 Å². The van der Waals surface area contributed by atoms with Crippen LogP contribution >= 0.6 is 12.6 Å². The molecule has 0 saturated heterocycles. The fourth-order valence-corrected chi connectivity index (χ4v) is 9.78. The van der Waals surface area contributed by atoms with Crippen molar-refractivity contribution >= 4 is 69.1 Å². The van der Waals surface area contributed by atoms with Crippen LogP contribution in [0.15, 0.2) is 107 Å². The second-order valence-corrected chi connectivity index (χ2v) is 18.5. The van der Waals surface area contributed by atoms with Crippen molar-refractivity contribution in [3.63, 3.8) is 0 Å². The largest absolute Gasteiger partial charge is 0.508 e. The maximum atomic E-state index is 11.9. The van der Waals surface area contributed by atoms with Crippen LogP contribution in [0.3, 0.4) is 0 Å². The number of carboxylic acids is 5. The number of aromatic hydroxyl groups is 3. The Hall–Kier alpha value is -6.90.